The van der Waals surface area contributed by atoms with E-state index in [1.807, 2.05) is 34.9 Å². The van der Waals surface area contributed by atoms with Crippen molar-refractivity contribution < 1.29 is 17.9 Å². The number of hydrogen-bond acceptors (Lipinski definition) is 2. The zero-order chi connectivity index (χ0) is 17.6. The predicted molar refractivity (Wildman–Crippen MR) is 92.5 cm³/mol. The molecular formula is C18H10BrF3N2O. The van der Waals surface area contributed by atoms with Crippen LogP contribution in [-0.2, 0) is 0 Å². The van der Waals surface area contributed by atoms with Gasteiger partial charge in [0.05, 0.1) is 11.9 Å². The van der Waals surface area contributed by atoms with Gasteiger partial charge < -0.3 is 4.74 Å². The number of halogens is 4. The summed E-state index contributed by atoms with van der Waals surface area (Å²) in [5.74, 6) is -0.250. The van der Waals surface area contributed by atoms with Crippen molar-refractivity contribution in [2.45, 2.75) is 6.36 Å². The maximum absolute atomic E-state index is 12.3. The monoisotopic (exact) mass is 406 g/mol. The molecule has 0 atom stereocenters. The Morgan fingerprint density at radius 2 is 1.76 bits per heavy atom. The number of rotatable bonds is 2. The first-order valence-corrected chi connectivity index (χ1v) is 8.11. The van der Waals surface area contributed by atoms with Gasteiger partial charge in [-0.25, -0.2) is 4.98 Å². The standard InChI is InChI=1S/C18H10BrF3N2O/c19-13-3-6-15-12(9-13)7-8-24-16(10-23-17(15)24)11-1-4-14(5-2-11)25-18(20,21)22/h1-10H. The minimum atomic E-state index is -4.70. The topological polar surface area (TPSA) is 26.5 Å². The number of fused-ring (bicyclic) bond motifs is 3. The molecule has 25 heavy (non-hydrogen) atoms. The molecule has 126 valence electrons. The molecule has 4 rings (SSSR count). The predicted octanol–water partition coefficient (Wildman–Crippen LogP) is 5.82. The van der Waals surface area contributed by atoms with Gasteiger partial charge in [-0.1, -0.05) is 15.9 Å². The zero-order valence-electron chi connectivity index (χ0n) is 12.6. The Morgan fingerprint density at radius 1 is 1.00 bits per heavy atom. The van der Waals surface area contributed by atoms with Crippen molar-refractivity contribution in [2.75, 3.05) is 0 Å². The van der Waals surface area contributed by atoms with Crippen LogP contribution in [0.1, 0.15) is 0 Å². The molecule has 2 aromatic carbocycles. The number of pyridine rings is 1. The third kappa shape index (κ3) is 3.07. The van der Waals surface area contributed by atoms with Crippen LogP contribution < -0.4 is 4.74 Å². The first kappa shape index (κ1) is 16.0. The van der Waals surface area contributed by atoms with E-state index < -0.39 is 6.36 Å². The maximum Gasteiger partial charge on any atom is 0.573 e. The highest BCUT2D eigenvalue weighted by Gasteiger charge is 2.31. The van der Waals surface area contributed by atoms with Crippen molar-refractivity contribution in [3.8, 4) is 17.0 Å². The van der Waals surface area contributed by atoms with Gasteiger partial charge in [0.1, 0.15) is 11.4 Å². The van der Waals surface area contributed by atoms with Crippen LogP contribution in [0, 0.1) is 0 Å². The molecule has 2 heterocycles. The van der Waals surface area contributed by atoms with Gasteiger partial charge in [0.25, 0.3) is 0 Å². The lowest BCUT2D eigenvalue weighted by molar-refractivity contribution is -0.274. The molecule has 0 radical (unpaired) electrons. The molecule has 0 fully saturated rings. The normalized spacial score (nSPS) is 12.0. The van der Waals surface area contributed by atoms with E-state index >= 15 is 0 Å². The number of benzene rings is 2. The van der Waals surface area contributed by atoms with Crippen LogP contribution >= 0.6 is 15.9 Å². The average molecular weight is 407 g/mol. The third-order valence-corrected chi connectivity index (χ3v) is 4.33. The summed E-state index contributed by atoms with van der Waals surface area (Å²) < 4.78 is 43.6. The zero-order valence-corrected chi connectivity index (χ0v) is 14.2. The van der Waals surface area contributed by atoms with Gasteiger partial charge in [0, 0.05) is 21.6 Å². The van der Waals surface area contributed by atoms with E-state index in [1.165, 1.54) is 12.1 Å². The van der Waals surface area contributed by atoms with E-state index in [2.05, 4.69) is 25.7 Å². The van der Waals surface area contributed by atoms with Crippen LogP contribution in [0.2, 0.25) is 0 Å². The third-order valence-electron chi connectivity index (χ3n) is 3.84. The Bertz CT molecular complexity index is 1070. The van der Waals surface area contributed by atoms with E-state index in [1.54, 1.807) is 18.3 Å². The fourth-order valence-corrected chi connectivity index (χ4v) is 3.16. The summed E-state index contributed by atoms with van der Waals surface area (Å²) in [6.07, 6.45) is -1.10. The number of nitrogens with zero attached hydrogens (tertiary/aromatic N) is 2. The first-order valence-electron chi connectivity index (χ1n) is 7.32. The van der Waals surface area contributed by atoms with Gasteiger partial charge in [0.15, 0.2) is 0 Å². The largest absolute Gasteiger partial charge is 0.573 e. The van der Waals surface area contributed by atoms with E-state index in [0.717, 1.165) is 32.1 Å². The van der Waals surface area contributed by atoms with E-state index in [-0.39, 0.29) is 5.75 Å². The summed E-state index contributed by atoms with van der Waals surface area (Å²) in [7, 11) is 0. The highest BCUT2D eigenvalue weighted by Crippen LogP contribution is 2.29. The minimum absolute atomic E-state index is 0.250. The Labute approximate surface area is 148 Å². The number of aromatic nitrogens is 2. The smallest absolute Gasteiger partial charge is 0.406 e. The molecule has 0 saturated carbocycles. The molecule has 0 aliphatic carbocycles. The number of hydrogen-bond donors (Lipinski definition) is 0. The lowest BCUT2D eigenvalue weighted by Gasteiger charge is -2.09. The fraction of sp³-hybridized carbons (Fsp3) is 0.0556. The molecule has 0 aliphatic heterocycles. The molecule has 0 unspecified atom stereocenters. The molecule has 2 aromatic heterocycles. The molecule has 7 heteroatoms. The van der Waals surface area contributed by atoms with Crippen LogP contribution in [0.5, 0.6) is 5.75 Å². The van der Waals surface area contributed by atoms with Gasteiger partial charge in [-0.2, -0.15) is 0 Å². The second-order valence-corrected chi connectivity index (χ2v) is 6.37. The van der Waals surface area contributed by atoms with Crippen LogP contribution in [0.4, 0.5) is 13.2 Å². The van der Waals surface area contributed by atoms with Gasteiger partial charge in [-0.05, 0) is 53.9 Å². The number of imidazole rings is 1. The van der Waals surface area contributed by atoms with Gasteiger partial charge in [0.2, 0.25) is 0 Å². The van der Waals surface area contributed by atoms with E-state index in [4.69, 9.17) is 0 Å². The summed E-state index contributed by atoms with van der Waals surface area (Å²) in [5, 5.41) is 2.04. The fourth-order valence-electron chi connectivity index (χ4n) is 2.78. The van der Waals surface area contributed by atoms with Crippen LogP contribution in [0.25, 0.3) is 27.7 Å². The average Bonchev–Trinajstić information content (AvgIpc) is 2.98. The van der Waals surface area contributed by atoms with Crippen molar-refractivity contribution >= 4 is 32.3 Å². The Balaban J connectivity index is 1.78. The molecule has 3 nitrogen and oxygen atoms in total. The van der Waals surface area contributed by atoms with Crippen molar-refractivity contribution in [1.29, 1.82) is 0 Å². The van der Waals surface area contributed by atoms with Crippen molar-refractivity contribution in [3.63, 3.8) is 0 Å². The summed E-state index contributed by atoms with van der Waals surface area (Å²) in [6.45, 7) is 0. The van der Waals surface area contributed by atoms with Crippen LogP contribution in [-0.4, -0.2) is 15.7 Å². The number of ether oxygens (including phenoxy) is 1. The lowest BCUT2D eigenvalue weighted by atomic mass is 10.1. The second kappa shape index (κ2) is 5.77. The lowest BCUT2D eigenvalue weighted by Crippen LogP contribution is -2.16. The molecular weight excluding hydrogens is 397 g/mol. The summed E-state index contributed by atoms with van der Waals surface area (Å²) in [5.41, 5.74) is 2.33. The summed E-state index contributed by atoms with van der Waals surface area (Å²) >= 11 is 3.45. The van der Waals surface area contributed by atoms with Gasteiger partial charge in [-0.15, -0.1) is 13.2 Å². The van der Waals surface area contributed by atoms with E-state index in [9.17, 15) is 13.2 Å². The summed E-state index contributed by atoms with van der Waals surface area (Å²) in [6, 6.07) is 13.6. The molecule has 0 amide bonds. The second-order valence-electron chi connectivity index (χ2n) is 5.46. The van der Waals surface area contributed by atoms with Gasteiger partial charge in [-0.3, -0.25) is 4.40 Å². The maximum atomic E-state index is 12.3. The van der Waals surface area contributed by atoms with Crippen LogP contribution in [0.3, 0.4) is 0 Å². The molecule has 0 aliphatic rings. The molecule has 4 aromatic rings. The molecule has 0 saturated heterocycles. The quantitative estimate of drug-likeness (QED) is 0.419. The summed E-state index contributed by atoms with van der Waals surface area (Å²) in [4.78, 5) is 4.47. The Kier molecular flexibility index (Phi) is 3.68. The molecule has 0 spiro atoms. The minimum Gasteiger partial charge on any atom is -0.406 e. The highest BCUT2D eigenvalue weighted by atomic mass is 79.9. The van der Waals surface area contributed by atoms with Crippen molar-refractivity contribution in [1.82, 2.24) is 9.38 Å². The van der Waals surface area contributed by atoms with Gasteiger partial charge >= 0.3 is 6.36 Å². The first-order chi connectivity index (χ1) is 11.9. The van der Waals surface area contributed by atoms with Crippen LogP contribution in [0.15, 0.2) is 65.4 Å². The Hall–Kier alpha value is -2.54. The SMILES string of the molecule is FC(F)(F)Oc1ccc(-c2cnc3c4ccc(Br)cc4ccn23)cc1. The van der Waals surface area contributed by atoms with Crippen molar-refractivity contribution in [2.24, 2.45) is 0 Å². The molecule has 0 bridgehead atoms. The van der Waals surface area contributed by atoms with E-state index in [0.29, 0.717) is 0 Å². The highest BCUT2D eigenvalue weighted by molar-refractivity contribution is 9.10. The van der Waals surface area contributed by atoms with Crippen molar-refractivity contribution in [3.05, 3.63) is 65.4 Å². The number of alkyl halides is 3. The Morgan fingerprint density at radius 3 is 2.48 bits per heavy atom. The molecule has 0 N–H and O–H groups in total.